The molecule has 0 saturated heterocycles. The number of benzene rings is 3. The second-order valence-corrected chi connectivity index (χ2v) is 10.5. The first-order valence-electron chi connectivity index (χ1n) is 12.6. The molecule has 0 aliphatic carbocycles. The van der Waals surface area contributed by atoms with Gasteiger partial charge in [0.25, 0.3) is 5.91 Å². The van der Waals surface area contributed by atoms with E-state index in [0.29, 0.717) is 15.6 Å². The Bertz CT molecular complexity index is 1440. The minimum absolute atomic E-state index is 0.103. The molecular weight excluding hydrogens is 519 g/mol. The molecule has 1 heterocycles. The third kappa shape index (κ3) is 6.72. The number of aliphatic carboxylic acids is 1. The Morgan fingerprint density at radius 3 is 2.29 bits per heavy atom. The van der Waals surface area contributed by atoms with Gasteiger partial charge in [0.2, 0.25) is 0 Å². The number of carbonyl (C=O) groups is 2. The Kier molecular flexibility index (Phi) is 9.03. The lowest BCUT2D eigenvalue weighted by molar-refractivity contribution is -0.136. The molecular formula is C31H30Cl2N2O3. The molecule has 4 aromatic rings. The van der Waals surface area contributed by atoms with E-state index in [1.54, 1.807) is 12.1 Å². The van der Waals surface area contributed by atoms with Crippen LogP contribution in [0.4, 0.5) is 0 Å². The van der Waals surface area contributed by atoms with E-state index in [0.717, 1.165) is 34.9 Å². The number of carbonyl (C=O) groups excluding carboxylic acids is 1. The smallest absolute Gasteiger partial charge is 0.305 e. The zero-order valence-electron chi connectivity index (χ0n) is 21.4. The number of carboxylic acids is 1. The van der Waals surface area contributed by atoms with Crippen molar-refractivity contribution in [1.29, 1.82) is 0 Å². The molecule has 0 aliphatic rings. The highest BCUT2D eigenvalue weighted by molar-refractivity contribution is 6.31. The van der Waals surface area contributed by atoms with Crippen molar-refractivity contribution in [1.82, 2.24) is 10.3 Å². The Balaban J connectivity index is 1.55. The number of fused-ring (bicyclic) bond motifs is 1. The molecule has 5 nitrogen and oxygen atoms in total. The SMILES string of the molecule is Cc1cc(Cl)cc2c(C(CCC(C)c3ccc(C(=O)NCCC(=O)O)cc3)c3ccc(Cl)cc3)ccnc12. The van der Waals surface area contributed by atoms with Gasteiger partial charge in [0.1, 0.15) is 0 Å². The lowest BCUT2D eigenvalue weighted by atomic mass is 9.82. The lowest BCUT2D eigenvalue weighted by Gasteiger charge is -2.22. The van der Waals surface area contributed by atoms with E-state index in [-0.39, 0.29) is 30.7 Å². The van der Waals surface area contributed by atoms with E-state index in [1.807, 2.05) is 49.5 Å². The van der Waals surface area contributed by atoms with Gasteiger partial charge < -0.3 is 10.4 Å². The fourth-order valence-electron chi connectivity index (χ4n) is 4.84. The molecule has 0 fully saturated rings. The fraction of sp³-hybridized carbons (Fsp3) is 0.258. The van der Waals surface area contributed by atoms with Crippen LogP contribution in [0.25, 0.3) is 10.9 Å². The van der Waals surface area contributed by atoms with Crippen molar-refractivity contribution in [2.45, 2.75) is 44.9 Å². The maximum absolute atomic E-state index is 12.3. The van der Waals surface area contributed by atoms with Crippen molar-refractivity contribution in [3.63, 3.8) is 0 Å². The summed E-state index contributed by atoms with van der Waals surface area (Å²) < 4.78 is 0. The molecule has 38 heavy (non-hydrogen) atoms. The minimum Gasteiger partial charge on any atom is -0.481 e. The van der Waals surface area contributed by atoms with Gasteiger partial charge in [-0.3, -0.25) is 14.6 Å². The van der Waals surface area contributed by atoms with Crippen LogP contribution in [0.15, 0.2) is 72.9 Å². The summed E-state index contributed by atoms with van der Waals surface area (Å²) in [6.07, 6.45) is 3.57. The van der Waals surface area contributed by atoms with Crippen LogP contribution in [-0.2, 0) is 4.79 Å². The highest BCUT2D eigenvalue weighted by Crippen LogP contribution is 2.38. The van der Waals surface area contributed by atoms with E-state index >= 15 is 0 Å². The van der Waals surface area contributed by atoms with Crippen LogP contribution >= 0.6 is 23.2 Å². The van der Waals surface area contributed by atoms with Gasteiger partial charge in [0.05, 0.1) is 11.9 Å². The third-order valence-electron chi connectivity index (χ3n) is 6.94. The van der Waals surface area contributed by atoms with Crippen molar-refractivity contribution in [2.75, 3.05) is 6.54 Å². The number of carboxylic acid groups (broad SMARTS) is 1. The van der Waals surface area contributed by atoms with Crippen molar-refractivity contribution in [3.8, 4) is 0 Å². The Morgan fingerprint density at radius 2 is 1.61 bits per heavy atom. The number of amides is 1. The first-order chi connectivity index (χ1) is 18.2. The molecule has 3 aromatic carbocycles. The predicted octanol–water partition coefficient (Wildman–Crippen LogP) is 7.77. The van der Waals surface area contributed by atoms with Gasteiger partial charge >= 0.3 is 5.97 Å². The Morgan fingerprint density at radius 1 is 0.921 bits per heavy atom. The fourth-order valence-corrected chi connectivity index (χ4v) is 5.24. The van der Waals surface area contributed by atoms with E-state index in [9.17, 15) is 9.59 Å². The van der Waals surface area contributed by atoms with Crippen molar-refractivity contribution in [2.24, 2.45) is 0 Å². The van der Waals surface area contributed by atoms with Crippen LogP contribution in [0, 0.1) is 6.92 Å². The second-order valence-electron chi connectivity index (χ2n) is 9.62. The maximum Gasteiger partial charge on any atom is 0.305 e. The van der Waals surface area contributed by atoms with Gasteiger partial charge in [-0.25, -0.2) is 0 Å². The summed E-state index contributed by atoms with van der Waals surface area (Å²) in [5, 5.41) is 13.8. The molecule has 0 spiro atoms. The van der Waals surface area contributed by atoms with Crippen LogP contribution in [0.1, 0.15) is 70.6 Å². The molecule has 196 valence electrons. The number of nitrogens with one attached hydrogen (secondary N) is 1. The monoisotopic (exact) mass is 548 g/mol. The van der Waals surface area contributed by atoms with Gasteiger partial charge in [0.15, 0.2) is 0 Å². The number of rotatable bonds is 10. The zero-order valence-corrected chi connectivity index (χ0v) is 22.9. The normalized spacial score (nSPS) is 12.7. The van der Waals surface area contributed by atoms with Crippen molar-refractivity contribution in [3.05, 3.63) is 111 Å². The second kappa shape index (κ2) is 12.4. The molecule has 1 amide bonds. The van der Waals surface area contributed by atoms with Crippen LogP contribution in [-0.4, -0.2) is 28.5 Å². The zero-order chi connectivity index (χ0) is 27.2. The van der Waals surface area contributed by atoms with Crippen molar-refractivity contribution < 1.29 is 14.7 Å². The Labute approximate surface area is 232 Å². The van der Waals surface area contributed by atoms with Gasteiger partial charge in [-0.15, -0.1) is 0 Å². The first kappa shape index (κ1) is 27.6. The highest BCUT2D eigenvalue weighted by Gasteiger charge is 2.20. The van der Waals surface area contributed by atoms with Crippen LogP contribution in [0.2, 0.25) is 10.0 Å². The molecule has 7 heteroatoms. The number of pyridine rings is 1. The van der Waals surface area contributed by atoms with Crippen LogP contribution < -0.4 is 5.32 Å². The first-order valence-corrected chi connectivity index (χ1v) is 13.4. The van der Waals surface area contributed by atoms with E-state index in [1.165, 1.54) is 11.1 Å². The van der Waals surface area contributed by atoms with E-state index in [2.05, 4.69) is 35.4 Å². The van der Waals surface area contributed by atoms with Crippen LogP contribution in [0.5, 0.6) is 0 Å². The maximum atomic E-state index is 12.3. The molecule has 0 saturated carbocycles. The van der Waals surface area contributed by atoms with Gasteiger partial charge in [-0.05, 0) is 90.4 Å². The van der Waals surface area contributed by atoms with Crippen molar-refractivity contribution >= 4 is 46.0 Å². The summed E-state index contributed by atoms with van der Waals surface area (Å²) >= 11 is 12.7. The topological polar surface area (TPSA) is 79.3 Å². The molecule has 2 atom stereocenters. The molecule has 1 aromatic heterocycles. The number of hydrogen-bond donors (Lipinski definition) is 2. The summed E-state index contributed by atoms with van der Waals surface area (Å²) in [5.74, 6) is -0.833. The third-order valence-corrected chi connectivity index (χ3v) is 7.41. The van der Waals surface area contributed by atoms with Gasteiger partial charge in [0, 0.05) is 39.7 Å². The summed E-state index contributed by atoms with van der Waals surface area (Å²) in [4.78, 5) is 27.6. The number of halogens is 2. The number of hydrogen-bond acceptors (Lipinski definition) is 3. The molecule has 0 aliphatic heterocycles. The molecule has 0 bridgehead atoms. The van der Waals surface area contributed by atoms with E-state index < -0.39 is 5.97 Å². The Hall–Kier alpha value is -3.41. The molecule has 2 unspecified atom stereocenters. The standard InChI is InChI=1S/C31H30Cl2N2O3/c1-19(21-4-6-23(7-5-21)31(38)35-16-14-29(36)37)3-12-26(22-8-10-24(32)11-9-22)27-13-15-34-30-20(2)17-25(33)18-28(27)30/h4-11,13,15,17-19,26H,3,12,14,16H2,1-2H3,(H,35,38)(H,36,37). The average molecular weight is 549 g/mol. The largest absolute Gasteiger partial charge is 0.481 e. The number of aryl methyl sites for hydroxylation is 1. The van der Waals surface area contributed by atoms with Gasteiger partial charge in [-0.2, -0.15) is 0 Å². The predicted molar refractivity (Wildman–Crippen MR) is 153 cm³/mol. The minimum atomic E-state index is -0.940. The molecule has 0 radical (unpaired) electrons. The molecule has 4 rings (SSSR count). The average Bonchev–Trinajstić information content (AvgIpc) is 2.89. The van der Waals surface area contributed by atoms with Crippen LogP contribution in [0.3, 0.4) is 0 Å². The summed E-state index contributed by atoms with van der Waals surface area (Å²) in [7, 11) is 0. The van der Waals surface area contributed by atoms with E-state index in [4.69, 9.17) is 28.3 Å². The summed E-state index contributed by atoms with van der Waals surface area (Å²) in [5.41, 5.74) is 6.02. The van der Waals surface area contributed by atoms with Gasteiger partial charge in [-0.1, -0.05) is 54.4 Å². The lowest BCUT2D eigenvalue weighted by Crippen LogP contribution is -2.25. The quantitative estimate of drug-likeness (QED) is 0.212. The summed E-state index contributed by atoms with van der Waals surface area (Å²) in [6, 6.07) is 21.6. The highest BCUT2D eigenvalue weighted by atomic mass is 35.5. The number of aromatic nitrogens is 1. The summed E-state index contributed by atoms with van der Waals surface area (Å²) in [6.45, 7) is 4.32. The number of nitrogens with zero attached hydrogens (tertiary/aromatic N) is 1. The molecule has 2 N–H and O–H groups in total.